The average Bonchev–Trinajstić information content (AvgIpc) is 2.90. The number of carbonyl (C=O) groups excluding carboxylic acids is 1. The number of rotatable bonds is 3. The van der Waals surface area contributed by atoms with E-state index < -0.39 is 0 Å². The number of methoxy groups -OCH3 is 1. The largest absolute Gasteiger partial charge is 0.465 e. The van der Waals surface area contributed by atoms with E-state index in [9.17, 15) is 4.79 Å². The Bertz CT molecular complexity index is 617. The van der Waals surface area contributed by atoms with Gasteiger partial charge in [0.05, 0.1) is 12.7 Å². The molecule has 20 heavy (non-hydrogen) atoms. The van der Waals surface area contributed by atoms with Gasteiger partial charge < -0.3 is 10.1 Å². The van der Waals surface area contributed by atoms with Crippen LogP contribution in [0.2, 0.25) is 0 Å². The van der Waals surface area contributed by atoms with E-state index in [2.05, 4.69) is 15.5 Å². The van der Waals surface area contributed by atoms with Gasteiger partial charge in [0.15, 0.2) is 5.65 Å². The molecule has 2 aromatic heterocycles. The van der Waals surface area contributed by atoms with Crippen LogP contribution in [0.1, 0.15) is 35.4 Å². The van der Waals surface area contributed by atoms with Crippen molar-refractivity contribution in [3.8, 4) is 0 Å². The number of aromatic nitrogens is 3. The van der Waals surface area contributed by atoms with E-state index in [1.807, 2.05) is 4.40 Å². The van der Waals surface area contributed by atoms with Gasteiger partial charge in [0.25, 0.3) is 0 Å². The van der Waals surface area contributed by atoms with Gasteiger partial charge in [-0.3, -0.25) is 4.40 Å². The summed E-state index contributed by atoms with van der Waals surface area (Å²) >= 11 is 0. The first kappa shape index (κ1) is 13.1. The molecule has 0 bridgehead atoms. The normalized spacial score (nSPS) is 19.1. The third-order valence-corrected chi connectivity index (χ3v) is 3.74. The van der Waals surface area contributed by atoms with Crippen LogP contribution in [0, 0.1) is 0 Å². The quantitative estimate of drug-likeness (QED) is 0.852. The Hall–Kier alpha value is -1.95. The molecule has 0 saturated carbocycles. The molecule has 3 rings (SSSR count). The molecule has 1 saturated heterocycles. The highest BCUT2D eigenvalue weighted by molar-refractivity contribution is 5.89. The van der Waals surface area contributed by atoms with E-state index in [0.717, 1.165) is 30.9 Å². The zero-order valence-electron chi connectivity index (χ0n) is 11.5. The average molecular weight is 274 g/mol. The molecule has 6 heteroatoms. The maximum absolute atomic E-state index is 11.6. The smallest absolute Gasteiger partial charge is 0.339 e. The van der Waals surface area contributed by atoms with Crippen molar-refractivity contribution < 1.29 is 9.53 Å². The van der Waals surface area contributed by atoms with Crippen molar-refractivity contribution in [2.24, 2.45) is 0 Å². The van der Waals surface area contributed by atoms with E-state index in [1.54, 1.807) is 18.3 Å². The van der Waals surface area contributed by atoms with Crippen LogP contribution in [0.5, 0.6) is 0 Å². The Balaban J connectivity index is 1.88. The summed E-state index contributed by atoms with van der Waals surface area (Å²) in [7, 11) is 1.38. The molecule has 1 fully saturated rings. The lowest BCUT2D eigenvalue weighted by molar-refractivity contribution is 0.0600. The Morgan fingerprint density at radius 3 is 3.10 bits per heavy atom. The van der Waals surface area contributed by atoms with Crippen molar-refractivity contribution in [3.05, 3.63) is 29.7 Å². The summed E-state index contributed by atoms with van der Waals surface area (Å²) in [5.74, 6) is 0.535. The number of piperidine rings is 1. The summed E-state index contributed by atoms with van der Waals surface area (Å²) in [5, 5.41) is 11.9. The fraction of sp³-hybridized carbons (Fsp3) is 0.500. The molecule has 0 aliphatic carbocycles. The van der Waals surface area contributed by atoms with Crippen molar-refractivity contribution in [2.75, 3.05) is 13.7 Å². The molecule has 1 aliphatic rings. The lowest BCUT2D eigenvalue weighted by atomic mass is 10.0. The van der Waals surface area contributed by atoms with Crippen LogP contribution in [0.4, 0.5) is 0 Å². The molecular weight excluding hydrogens is 256 g/mol. The molecule has 6 nitrogen and oxygen atoms in total. The predicted octanol–water partition coefficient (Wildman–Crippen LogP) is 1.20. The highest BCUT2D eigenvalue weighted by Gasteiger charge is 2.17. The number of carbonyl (C=O) groups is 1. The van der Waals surface area contributed by atoms with E-state index in [-0.39, 0.29) is 5.97 Å². The van der Waals surface area contributed by atoms with Crippen LogP contribution < -0.4 is 5.32 Å². The van der Waals surface area contributed by atoms with Crippen LogP contribution in [0.25, 0.3) is 5.65 Å². The molecule has 1 N–H and O–H groups in total. The summed E-state index contributed by atoms with van der Waals surface area (Å²) in [6.07, 6.45) is 6.22. The lowest BCUT2D eigenvalue weighted by Gasteiger charge is -2.22. The van der Waals surface area contributed by atoms with Crippen LogP contribution >= 0.6 is 0 Å². The third kappa shape index (κ3) is 2.51. The third-order valence-electron chi connectivity index (χ3n) is 3.74. The van der Waals surface area contributed by atoms with Crippen LogP contribution in [-0.4, -0.2) is 40.3 Å². The van der Waals surface area contributed by atoms with Gasteiger partial charge in [-0.2, -0.15) is 0 Å². The zero-order valence-corrected chi connectivity index (χ0v) is 11.5. The number of nitrogens with zero attached hydrogens (tertiary/aromatic N) is 3. The monoisotopic (exact) mass is 274 g/mol. The predicted molar refractivity (Wildman–Crippen MR) is 73.7 cm³/mol. The number of fused-ring (bicyclic) bond motifs is 1. The molecule has 106 valence electrons. The fourth-order valence-electron chi connectivity index (χ4n) is 2.63. The van der Waals surface area contributed by atoms with Crippen molar-refractivity contribution in [1.29, 1.82) is 0 Å². The van der Waals surface area contributed by atoms with Gasteiger partial charge in [0.1, 0.15) is 5.82 Å². The van der Waals surface area contributed by atoms with Gasteiger partial charge in [-0.25, -0.2) is 4.79 Å². The van der Waals surface area contributed by atoms with Gasteiger partial charge in [0, 0.05) is 18.7 Å². The van der Waals surface area contributed by atoms with E-state index in [1.165, 1.54) is 20.0 Å². The molecule has 0 radical (unpaired) electrons. The Morgan fingerprint density at radius 1 is 1.45 bits per heavy atom. The van der Waals surface area contributed by atoms with Crippen LogP contribution in [0.15, 0.2) is 18.3 Å². The SMILES string of the molecule is COC(=O)c1ccc2nnc(CC3CCCCN3)n2c1. The standard InChI is InChI=1S/C14H18N4O2/c1-20-14(19)10-5-6-12-16-17-13(18(12)9-10)8-11-4-2-3-7-15-11/h5-6,9,11,15H,2-4,7-8H2,1H3. The first-order valence-corrected chi connectivity index (χ1v) is 6.93. The summed E-state index contributed by atoms with van der Waals surface area (Å²) in [5.41, 5.74) is 1.26. The Labute approximate surface area is 117 Å². The van der Waals surface area contributed by atoms with E-state index in [0.29, 0.717) is 11.6 Å². The summed E-state index contributed by atoms with van der Waals surface area (Å²) in [6, 6.07) is 3.94. The summed E-state index contributed by atoms with van der Waals surface area (Å²) in [4.78, 5) is 11.6. The van der Waals surface area contributed by atoms with Crippen molar-refractivity contribution in [3.63, 3.8) is 0 Å². The number of ether oxygens (including phenoxy) is 1. The molecule has 0 amide bonds. The number of pyridine rings is 1. The molecule has 1 unspecified atom stereocenters. The summed E-state index contributed by atoms with van der Waals surface area (Å²) in [6.45, 7) is 1.06. The molecule has 1 aliphatic heterocycles. The number of nitrogens with one attached hydrogen (secondary N) is 1. The first-order chi connectivity index (χ1) is 9.78. The minimum absolute atomic E-state index is 0.345. The maximum Gasteiger partial charge on any atom is 0.339 e. The number of esters is 1. The Morgan fingerprint density at radius 2 is 2.35 bits per heavy atom. The van der Waals surface area contributed by atoms with Gasteiger partial charge >= 0.3 is 5.97 Å². The van der Waals surface area contributed by atoms with Gasteiger partial charge in [-0.05, 0) is 31.5 Å². The fourth-order valence-corrected chi connectivity index (χ4v) is 2.63. The topological polar surface area (TPSA) is 68.5 Å². The second-order valence-corrected chi connectivity index (χ2v) is 5.10. The van der Waals surface area contributed by atoms with Crippen molar-refractivity contribution >= 4 is 11.6 Å². The van der Waals surface area contributed by atoms with Crippen molar-refractivity contribution in [1.82, 2.24) is 19.9 Å². The van der Waals surface area contributed by atoms with Gasteiger partial charge in [0.2, 0.25) is 0 Å². The second kappa shape index (κ2) is 5.58. The van der Waals surface area contributed by atoms with Gasteiger partial charge in [-0.15, -0.1) is 10.2 Å². The second-order valence-electron chi connectivity index (χ2n) is 5.10. The van der Waals surface area contributed by atoms with E-state index >= 15 is 0 Å². The highest BCUT2D eigenvalue weighted by Crippen LogP contribution is 2.14. The number of hydrogen-bond donors (Lipinski definition) is 1. The molecule has 0 spiro atoms. The number of hydrogen-bond acceptors (Lipinski definition) is 5. The van der Waals surface area contributed by atoms with Crippen molar-refractivity contribution in [2.45, 2.75) is 31.7 Å². The molecule has 1 atom stereocenters. The molecular formula is C14H18N4O2. The zero-order chi connectivity index (χ0) is 13.9. The molecule has 2 aromatic rings. The Kier molecular flexibility index (Phi) is 3.64. The first-order valence-electron chi connectivity index (χ1n) is 6.93. The molecule has 3 heterocycles. The highest BCUT2D eigenvalue weighted by atomic mass is 16.5. The minimum Gasteiger partial charge on any atom is -0.465 e. The lowest BCUT2D eigenvalue weighted by Crippen LogP contribution is -2.36. The maximum atomic E-state index is 11.6. The van der Waals surface area contributed by atoms with Gasteiger partial charge in [-0.1, -0.05) is 6.42 Å². The molecule has 0 aromatic carbocycles. The summed E-state index contributed by atoms with van der Waals surface area (Å²) < 4.78 is 6.62. The van der Waals surface area contributed by atoms with Crippen LogP contribution in [0.3, 0.4) is 0 Å². The minimum atomic E-state index is -0.345. The van der Waals surface area contributed by atoms with E-state index in [4.69, 9.17) is 4.74 Å². The van der Waals surface area contributed by atoms with Crippen LogP contribution in [-0.2, 0) is 11.2 Å².